The molecule has 0 spiro atoms. The fraction of sp³-hybridized carbons (Fsp3) is 0.727. The molecule has 4 nitrogen and oxygen atoms in total. The molecule has 1 aromatic heterocycles. The molecule has 2 N–H and O–H groups in total. The molecule has 1 heterocycles. The van der Waals surface area contributed by atoms with Crippen molar-refractivity contribution in [2.45, 2.75) is 32.3 Å². The highest BCUT2D eigenvalue weighted by Crippen LogP contribution is 2.14. The highest BCUT2D eigenvalue weighted by molar-refractivity contribution is 5.03. The molecule has 0 aliphatic rings. The second-order valence-corrected chi connectivity index (χ2v) is 4.26. The van der Waals surface area contributed by atoms with Gasteiger partial charge in [-0.3, -0.25) is 4.68 Å². The summed E-state index contributed by atoms with van der Waals surface area (Å²) in [7, 11) is 1.89. The molecule has 0 aliphatic heterocycles. The second-order valence-electron chi connectivity index (χ2n) is 4.26. The van der Waals surface area contributed by atoms with Crippen LogP contribution in [0, 0.1) is 0 Å². The molecule has 1 aromatic rings. The van der Waals surface area contributed by atoms with Gasteiger partial charge < -0.3 is 10.4 Å². The minimum absolute atomic E-state index is 0.610. The van der Waals surface area contributed by atoms with Crippen molar-refractivity contribution in [1.29, 1.82) is 0 Å². The van der Waals surface area contributed by atoms with E-state index >= 15 is 0 Å². The summed E-state index contributed by atoms with van der Waals surface area (Å²) in [6.07, 6.45) is 3.26. The summed E-state index contributed by atoms with van der Waals surface area (Å²) in [4.78, 5) is 0. The van der Waals surface area contributed by atoms with E-state index in [-0.39, 0.29) is 0 Å². The van der Waals surface area contributed by atoms with Gasteiger partial charge in [-0.15, -0.1) is 0 Å². The van der Waals surface area contributed by atoms with Gasteiger partial charge in [-0.25, -0.2) is 0 Å². The summed E-state index contributed by atoms with van der Waals surface area (Å²) >= 11 is 0. The molecule has 86 valence electrons. The lowest BCUT2D eigenvalue weighted by Gasteiger charge is -2.22. The zero-order valence-corrected chi connectivity index (χ0v) is 9.82. The number of aromatic nitrogens is 2. The third-order valence-electron chi connectivity index (χ3n) is 2.42. The Labute approximate surface area is 91.3 Å². The van der Waals surface area contributed by atoms with E-state index in [1.165, 1.54) is 0 Å². The maximum Gasteiger partial charge on any atom is 0.0687 e. The first-order valence-electron chi connectivity index (χ1n) is 5.45. The largest absolute Gasteiger partial charge is 0.390 e. The van der Waals surface area contributed by atoms with E-state index in [0.29, 0.717) is 6.42 Å². The van der Waals surface area contributed by atoms with Crippen LogP contribution in [0.15, 0.2) is 12.3 Å². The van der Waals surface area contributed by atoms with E-state index in [9.17, 15) is 5.11 Å². The first-order chi connectivity index (χ1) is 7.03. The van der Waals surface area contributed by atoms with Crippen molar-refractivity contribution >= 4 is 0 Å². The van der Waals surface area contributed by atoms with E-state index in [1.54, 1.807) is 4.68 Å². The molecular formula is C11H21N3O. The normalized spacial score (nSPS) is 15.2. The van der Waals surface area contributed by atoms with Crippen LogP contribution in [0.1, 0.15) is 26.0 Å². The molecular weight excluding hydrogens is 190 g/mol. The van der Waals surface area contributed by atoms with E-state index < -0.39 is 5.60 Å². The molecule has 1 unspecified atom stereocenters. The standard InChI is InChI=1S/C11H21N3O/c1-4-12-7-6-11(2,15)9-10-5-8-14(3)13-10/h5,8,12,15H,4,6-7,9H2,1-3H3. The number of hydrogen-bond donors (Lipinski definition) is 2. The van der Waals surface area contributed by atoms with Crippen molar-refractivity contribution in [2.75, 3.05) is 13.1 Å². The van der Waals surface area contributed by atoms with Crippen molar-refractivity contribution < 1.29 is 5.11 Å². The molecule has 0 aliphatic carbocycles. The molecule has 4 heteroatoms. The summed E-state index contributed by atoms with van der Waals surface area (Å²) in [5.74, 6) is 0. The van der Waals surface area contributed by atoms with E-state index in [2.05, 4.69) is 17.3 Å². The molecule has 0 fully saturated rings. The van der Waals surface area contributed by atoms with Crippen molar-refractivity contribution in [3.8, 4) is 0 Å². The highest BCUT2D eigenvalue weighted by atomic mass is 16.3. The molecule has 0 aromatic carbocycles. The molecule has 15 heavy (non-hydrogen) atoms. The average molecular weight is 211 g/mol. The summed E-state index contributed by atoms with van der Waals surface area (Å²) in [5.41, 5.74) is 0.273. The Morgan fingerprint density at radius 1 is 1.60 bits per heavy atom. The van der Waals surface area contributed by atoms with Crippen LogP contribution in [0.2, 0.25) is 0 Å². The van der Waals surface area contributed by atoms with Crippen LogP contribution in [-0.4, -0.2) is 33.6 Å². The summed E-state index contributed by atoms with van der Waals surface area (Å²) in [6, 6.07) is 1.95. The Balaban J connectivity index is 2.41. The molecule has 0 amide bonds. The van der Waals surface area contributed by atoms with Crippen LogP contribution < -0.4 is 5.32 Å². The molecule has 1 rings (SSSR count). The van der Waals surface area contributed by atoms with Crippen molar-refractivity contribution in [3.05, 3.63) is 18.0 Å². The topological polar surface area (TPSA) is 50.1 Å². The molecule has 1 atom stereocenters. The fourth-order valence-corrected chi connectivity index (χ4v) is 1.57. The zero-order valence-electron chi connectivity index (χ0n) is 9.82. The van der Waals surface area contributed by atoms with Gasteiger partial charge in [-0.2, -0.15) is 5.10 Å². The third-order valence-corrected chi connectivity index (χ3v) is 2.42. The minimum Gasteiger partial charge on any atom is -0.390 e. The van der Waals surface area contributed by atoms with Crippen LogP contribution >= 0.6 is 0 Å². The fourth-order valence-electron chi connectivity index (χ4n) is 1.57. The summed E-state index contributed by atoms with van der Waals surface area (Å²) in [6.45, 7) is 5.71. The smallest absolute Gasteiger partial charge is 0.0687 e. The zero-order chi connectivity index (χ0) is 11.3. The van der Waals surface area contributed by atoms with Crippen molar-refractivity contribution in [1.82, 2.24) is 15.1 Å². The number of hydrogen-bond acceptors (Lipinski definition) is 3. The van der Waals surface area contributed by atoms with Crippen molar-refractivity contribution in [3.63, 3.8) is 0 Å². The molecule has 0 saturated heterocycles. The van der Waals surface area contributed by atoms with Crippen LogP contribution in [-0.2, 0) is 13.5 Å². The molecule has 0 radical (unpaired) electrons. The van der Waals surface area contributed by atoms with Crippen molar-refractivity contribution in [2.24, 2.45) is 7.05 Å². The lowest BCUT2D eigenvalue weighted by Crippen LogP contribution is -2.32. The summed E-state index contributed by atoms with van der Waals surface area (Å²) < 4.78 is 1.76. The quantitative estimate of drug-likeness (QED) is 0.681. The Hall–Kier alpha value is -0.870. The first kappa shape index (κ1) is 12.2. The number of aryl methyl sites for hydroxylation is 1. The monoisotopic (exact) mass is 211 g/mol. The number of nitrogens with one attached hydrogen (secondary N) is 1. The predicted octanol–water partition coefficient (Wildman–Crippen LogP) is 0.713. The van der Waals surface area contributed by atoms with E-state index in [0.717, 1.165) is 25.2 Å². The molecule has 0 bridgehead atoms. The Morgan fingerprint density at radius 3 is 2.87 bits per heavy atom. The SMILES string of the molecule is CCNCCC(C)(O)Cc1ccn(C)n1. The lowest BCUT2D eigenvalue weighted by atomic mass is 9.96. The maximum absolute atomic E-state index is 10.1. The third kappa shape index (κ3) is 4.44. The highest BCUT2D eigenvalue weighted by Gasteiger charge is 2.21. The van der Waals surface area contributed by atoms with E-state index in [1.807, 2.05) is 26.2 Å². The first-order valence-corrected chi connectivity index (χ1v) is 5.45. The lowest BCUT2D eigenvalue weighted by molar-refractivity contribution is 0.0506. The Bertz CT molecular complexity index is 294. The van der Waals surface area contributed by atoms with Gasteiger partial charge >= 0.3 is 0 Å². The molecule has 0 saturated carbocycles. The van der Waals surface area contributed by atoms with Gasteiger partial charge in [0.2, 0.25) is 0 Å². The van der Waals surface area contributed by atoms with Gasteiger partial charge in [0.05, 0.1) is 11.3 Å². The van der Waals surface area contributed by atoms with Crippen LogP contribution in [0.25, 0.3) is 0 Å². The van der Waals surface area contributed by atoms with Gasteiger partial charge in [-0.1, -0.05) is 6.92 Å². The van der Waals surface area contributed by atoms with Gasteiger partial charge in [0.25, 0.3) is 0 Å². The van der Waals surface area contributed by atoms with Gasteiger partial charge in [0.15, 0.2) is 0 Å². The van der Waals surface area contributed by atoms with Crippen LogP contribution in [0.4, 0.5) is 0 Å². The van der Waals surface area contributed by atoms with Gasteiger partial charge in [-0.05, 0) is 32.5 Å². The van der Waals surface area contributed by atoms with Crippen LogP contribution in [0.3, 0.4) is 0 Å². The average Bonchev–Trinajstić information content (AvgIpc) is 2.50. The maximum atomic E-state index is 10.1. The van der Waals surface area contributed by atoms with E-state index in [4.69, 9.17) is 0 Å². The Morgan fingerprint density at radius 2 is 2.33 bits per heavy atom. The number of nitrogens with zero attached hydrogens (tertiary/aromatic N) is 2. The minimum atomic E-state index is -0.670. The van der Waals surface area contributed by atoms with Gasteiger partial charge in [0.1, 0.15) is 0 Å². The Kier molecular flexibility index (Phi) is 4.29. The second kappa shape index (κ2) is 5.28. The predicted molar refractivity (Wildman–Crippen MR) is 60.7 cm³/mol. The number of rotatable bonds is 6. The van der Waals surface area contributed by atoms with Gasteiger partial charge in [0, 0.05) is 19.7 Å². The number of aliphatic hydroxyl groups is 1. The van der Waals surface area contributed by atoms with Crippen LogP contribution in [0.5, 0.6) is 0 Å². The summed E-state index contributed by atoms with van der Waals surface area (Å²) in [5, 5.41) is 17.6.